The van der Waals surface area contributed by atoms with E-state index in [2.05, 4.69) is 34.3 Å². The van der Waals surface area contributed by atoms with Gasteiger partial charge in [-0.3, -0.25) is 0 Å². The number of para-hydroxylation sites is 1. The van der Waals surface area contributed by atoms with Crippen LogP contribution in [-0.2, 0) is 9.53 Å². The minimum atomic E-state index is 0.280. The molecule has 1 aromatic carbocycles. The van der Waals surface area contributed by atoms with Gasteiger partial charge in [0.25, 0.3) is 0 Å². The molecule has 1 aromatic rings. The number of carbonyl (C=O) groups excluding carboxylic acids is 1. The average molecular weight is 276 g/mol. The summed E-state index contributed by atoms with van der Waals surface area (Å²) < 4.78 is 5.43. The number of hydrogen-bond acceptors (Lipinski definition) is 4. The Morgan fingerprint density at radius 2 is 1.90 bits per heavy atom. The molecule has 0 spiro atoms. The second-order valence-electron chi connectivity index (χ2n) is 5.18. The van der Waals surface area contributed by atoms with Crippen LogP contribution in [0.1, 0.15) is 26.2 Å². The molecule has 0 unspecified atom stereocenters. The zero-order valence-electron chi connectivity index (χ0n) is 12.3. The summed E-state index contributed by atoms with van der Waals surface area (Å²) in [4.78, 5) is 11.0. The number of rotatable bonds is 7. The number of hydrazine groups is 1. The summed E-state index contributed by atoms with van der Waals surface area (Å²) in [6.45, 7) is 6.06. The number of Topliss-reactive ketones (excluding diaryl/α,β-unsaturated/α-hetero) is 1. The fraction of sp³-hybridized carbons (Fsp3) is 0.562. The number of ketones is 1. The molecule has 0 radical (unpaired) electrons. The van der Waals surface area contributed by atoms with E-state index in [1.807, 2.05) is 6.07 Å². The van der Waals surface area contributed by atoms with Gasteiger partial charge in [0.15, 0.2) is 0 Å². The van der Waals surface area contributed by atoms with Crippen molar-refractivity contribution in [1.29, 1.82) is 0 Å². The lowest BCUT2D eigenvalue weighted by atomic mass is 10.2. The first-order valence-corrected chi connectivity index (χ1v) is 7.42. The van der Waals surface area contributed by atoms with Gasteiger partial charge >= 0.3 is 0 Å². The number of nitrogens with zero attached hydrogens (tertiary/aromatic N) is 2. The van der Waals surface area contributed by atoms with E-state index in [4.69, 9.17) is 4.74 Å². The number of carbonyl (C=O) groups is 1. The van der Waals surface area contributed by atoms with Crippen LogP contribution in [0.4, 0.5) is 5.69 Å². The first kappa shape index (κ1) is 15.0. The van der Waals surface area contributed by atoms with Crippen molar-refractivity contribution in [3.8, 4) is 0 Å². The quantitative estimate of drug-likeness (QED) is 0.716. The van der Waals surface area contributed by atoms with Crippen molar-refractivity contribution in [2.24, 2.45) is 0 Å². The van der Waals surface area contributed by atoms with E-state index in [9.17, 15) is 4.79 Å². The largest absolute Gasteiger partial charge is 0.379 e. The molecule has 110 valence electrons. The molecule has 1 fully saturated rings. The van der Waals surface area contributed by atoms with Gasteiger partial charge in [-0.25, -0.2) is 5.01 Å². The van der Waals surface area contributed by atoms with Crippen LogP contribution in [0.2, 0.25) is 0 Å². The molecule has 0 aliphatic carbocycles. The normalized spacial score (nSPS) is 16.1. The van der Waals surface area contributed by atoms with E-state index in [1.165, 1.54) is 5.69 Å². The lowest BCUT2D eigenvalue weighted by Gasteiger charge is -2.39. The van der Waals surface area contributed by atoms with E-state index in [-0.39, 0.29) is 5.78 Å². The third-order valence-electron chi connectivity index (χ3n) is 3.53. The Bertz CT molecular complexity index is 402. The molecule has 0 aromatic heterocycles. The van der Waals surface area contributed by atoms with Crippen LogP contribution >= 0.6 is 0 Å². The molecule has 4 heteroatoms. The fourth-order valence-corrected chi connectivity index (χ4v) is 2.46. The number of ether oxygens (including phenoxy) is 1. The van der Waals surface area contributed by atoms with E-state index < -0.39 is 0 Å². The molecule has 1 heterocycles. The van der Waals surface area contributed by atoms with Gasteiger partial charge in [0.2, 0.25) is 0 Å². The van der Waals surface area contributed by atoms with Crippen molar-refractivity contribution < 1.29 is 9.53 Å². The predicted molar refractivity (Wildman–Crippen MR) is 80.7 cm³/mol. The van der Waals surface area contributed by atoms with Crippen molar-refractivity contribution >= 4 is 11.5 Å². The van der Waals surface area contributed by atoms with E-state index in [1.54, 1.807) is 6.92 Å². The molecule has 1 saturated heterocycles. The molecule has 1 aliphatic rings. The van der Waals surface area contributed by atoms with Crippen LogP contribution in [0.25, 0.3) is 0 Å². The van der Waals surface area contributed by atoms with Crippen molar-refractivity contribution in [2.75, 3.05) is 37.9 Å². The highest BCUT2D eigenvalue weighted by Gasteiger charge is 2.18. The summed E-state index contributed by atoms with van der Waals surface area (Å²) in [5, 5.41) is 4.69. The van der Waals surface area contributed by atoms with Gasteiger partial charge in [-0.15, -0.1) is 0 Å². The molecule has 0 atom stereocenters. The number of unbranched alkanes of at least 4 members (excludes halogenated alkanes) is 1. The Morgan fingerprint density at radius 3 is 2.55 bits per heavy atom. The maximum absolute atomic E-state index is 11.0. The van der Waals surface area contributed by atoms with Gasteiger partial charge in [-0.1, -0.05) is 18.2 Å². The molecule has 4 nitrogen and oxygen atoms in total. The van der Waals surface area contributed by atoms with Gasteiger partial charge < -0.3 is 14.5 Å². The van der Waals surface area contributed by atoms with Crippen molar-refractivity contribution in [3.05, 3.63) is 30.3 Å². The molecule has 2 rings (SSSR count). The molecule has 1 aliphatic heterocycles. The van der Waals surface area contributed by atoms with Crippen LogP contribution in [0.3, 0.4) is 0 Å². The highest BCUT2D eigenvalue weighted by atomic mass is 16.5. The standard InChI is InChI=1S/C16H24N2O2/c1-15(19)7-5-6-10-18(16-8-3-2-4-9-16)17-11-13-20-14-12-17/h2-4,8-9H,5-7,10-14H2,1H3. The maximum atomic E-state index is 11.0. The summed E-state index contributed by atoms with van der Waals surface area (Å²) in [6, 6.07) is 10.5. The second kappa shape index (κ2) is 8.02. The molecule has 20 heavy (non-hydrogen) atoms. The first-order valence-electron chi connectivity index (χ1n) is 7.42. The zero-order chi connectivity index (χ0) is 14.2. The fourth-order valence-electron chi connectivity index (χ4n) is 2.46. The molecule has 0 saturated carbocycles. The summed E-state index contributed by atoms with van der Waals surface area (Å²) in [5.74, 6) is 0.280. The monoisotopic (exact) mass is 276 g/mol. The van der Waals surface area contributed by atoms with E-state index in [0.29, 0.717) is 6.42 Å². The summed E-state index contributed by atoms with van der Waals surface area (Å²) in [7, 11) is 0. The Morgan fingerprint density at radius 1 is 1.20 bits per heavy atom. The van der Waals surface area contributed by atoms with Crippen LogP contribution in [0.15, 0.2) is 30.3 Å². The second-order valence-corrected chi connectivity index (χ2v) is 5.18. The SMILES string of the molecule is CC(=O)CCCCN(c1ccccc1)N1CCOCC1. The Hall–Kier alpha value is -1.39. The van der Waals surface area contributed by atoms with Crippen LogP contribution in [0.5, 0.6) is 0 Å². The van der Waals surface area contributed by atoms with Crippen LogP contribution < -0.4 is 5.01 Å². The highest BCUT2D eigenvalue weighted by molar-refractivity contribution is 5.75. The van der Waals surface area contributed by atoms with Crippen molar-refractivity contribution in [3.63, 3.8) is 0 Å². The van der Waals surface area contributed by atoms with E-state index >= 15 is 0 Å². The first-order chi connectivity index (χ1) is 9.77. The minimum absolute atomic E-state index is 0.280. The molecule has 0 N–H and O–H groups in total. The molecular formula is C16H24N2O2. The minimum Gasteiger partial charge on any atom is -0.379 e. The number of anilines is 1. The van der Waals surface area contributed by atoms with Gasteiger partial charge in [-0.2, -0.15) is 0 Å². The molecular weight excluding hydrogens is 252 g/mol. The Labute approximate surface area is 121 Å². The summed E-state index contributed by atoms with van der Waals surface area (Å²) in [6.07, 6.45) is 2.68. The lowest BCUT2D eigenvalue weighted by molar-refractivity contribution is -0.117. The smallest absolute Gasteiger partial charge is 0.129 e. The zero-order valence-corrected chi connectivity index (χ0v) is 12.3. The Kier molecular flexibility index (Phi) is 6.02. The van der Waals surface area contributed by atoms with Gasteiger partial charge in [0, 0.05) is 26.1 Å². The summed E-state index contributed by atoms with van der Waals surface area (Å²) >= 11 is 0. The average Bonchev–Trinajstić information content (AvgIpc) is 2.49. The third kappa shape index (κ3) is 4.62. The number of benzene rings is 1. The van der Waals surface area contributed by atoms with Gasteiger partial charge in [0.1, 0.15) is 5.78 Å². The highest BCUT2D eigenvalue weighted by Crippen LogP contribution is 2.18. The van der Waals surface area contributed by atoms with E-state index in [0.717, 1.165) is 45.7 Å². The van der Waals surface area contributed by atoms with Gasteiger partial charge in [0.05, 0.1) is 18.9 Å². The van der Waals surface area contributed by atoms with Crippen molar-refractivity contribution in [2.45, 2.75) is 26.2 Å². The van der Waals surface area contributed by atoms with Gasteiger partial charge in [-0.05, 0) is 31.9 Å². The lowest BCUT2D eigenvalue weighted by Crippen LogP contribution is -2.49. The third-order valence-corrected chi connectivity index (χ3v) is 3.53. The maximum Gasteiger partial charge on any atom is 0.129 e. The number of hydrogen-bond donors (Lipinski definition) is 0. The summed E-state index contributed by atoms with van der Waals surface area (Å²) in [5.41, 5.74) is 1.22. The Balaban J connectivity index is 1.94. The van der Waals surface area contributed by atoms with Crippen molar-refractivity contribution in [1.82, 2.24) is 5.01 Å². The number of morpholine rings is 1. The molecule has 0 amide bonds. The topological polar surface area (TPSA) is 32.8 Å². The molecule has 0 bridgehead atoms. The van der Waals surface area contributed by atoms with Crippen LogP contribution in [0, 0.1) is 0 Å². The van der Waals surface area contributed by atoms with Crippen LogP contribution in [-0.4, -0.2) is 43.6 Å². The predicted octanol–water partition coefficient (Wildman–Crippen LogP) is 2.50.